The highest BCUT2D eigenvalue weighted by atomic mass is 35.5. The largest absolute Gasteiger partial charge is 0.221 e. The van der Waals surface area contributed by atoms with Gasteiger partial charge < -0.3 is 0 Å². The molecule has 1 aromatic carbocycles. The summed E-state index contributed by atoms with van der Waals surface area (Å²) in [6, 6.07) is 10.2. The third-order valence-electron chi connectivity index (χ3n) is 2.93. The van der Waals surface area contributed by atoms with Crippen molar-refractivity contribution in [2.45, 2.75) is 32.6 Å². The van der Waals surface area contributed by atoms with Gasteiger partial charge in [0.25, 0.3) is 0 Å². The van der Waals surface area contributed by atoms with E-state index in [4.69, 9.17) is 23.2 Å². The standard InChI is InChI=1S/C15H16Cl2N2/c1-2-6-12-14(16)18-13(19-15(12)17)10-9-11-7-4-3-5-8-11/h3-5,7-8H,2,6,9-10H2,1H3. The molecule has 0 aliphatic heterocycles. The molecule has 0 amide bonds. The number of rotatable bonds is 5. The fourth-order valence-corrected chi connectivity index (χ4v) is 2.55. The maximum Gasteiger partial charge on any atom is 0.137 e. The number of nitrogens with zero attached hydrogens (tertiary/aromatic N) is 2. The van der Waals surface area contributed by atoms with Crippen LogP contribution in [-0.2, 0) is 19.3 Å². The SMILES string of the molecule is CCCc1c(Cl)nc(CCc2ccccc2)nc1Cl. The summed E-state index contributed by atoms with van der Waals surface area (Å²) in [6.07, 6.45) is 3.43. The van der Waals surface area contributed by atoms with Crippen molar-refractivity contribution in [3.8, 4) is 0 Å². The van der Waals surface area contributed by atoms with Crippen molar-refractivity contribution >= 4 is 23.2 Å². The Labute approximate surface area is 123 Å². The van der Waals surface area contributed by atoms with Crippen molar-refractivity contribution < 1.29 is 0 Å². The van der Waals surface area contributed by atoms with Gasteiger partial charge in [0, 0.05) is 12.0 Å². The van der Waals surface area contributed by atoms with E-state index in [0.717, 1.165) is 31.2 Å². The van der Waals surface area contributed by atoms with Gasteiger partial charge in [0.1, 0.15) is 16.1 Å². The highest BCUT2D eigenvalue weighted by molar-refractivity contribution is 6.34. The molecule has 2 aromatic rings. The van der Waals surface area contributed by atoms with Crippen molar-refractivity contribution in [1.29, 1.82) is 0 Å². The molecule has 2 rings (SSSR count). The summed E-state index contributed by atoms with van der Waals surface area (Å²) in [5.74, 6) is 0.707. The predicted octanol–water partition coefficient (Wildman–Crippen LogP) is 4.52. The molecule has 0 fully saturated rings. The van der Waals surface area contributed by atoms with Crippen LogP contribution in [0.5, 0.6) is 0 Å². The molecule has 0 atom stereocenters. The molecule has 0 spiro atoms. The summed E-state index contributed by atoms with van der Waals surface area (Å²) in [5, 5.41) is 0.981. The lowest BCUT2D eigenvalue weighted by molar-refractivity contribution is 0.832. The predicted molar refractivity (Wildman–Crippen MR) is 79.9 cm³/mol. The Morgan fingerprint density at radius 2 is 1.53 bits per heavy atom. The van der Waals surface area contributed by atoms with E-state index in [1.165, 1.54) is 5.56 Å². The van der Waals surface area contributed by atoms with Crippen LogP contribution < -0.4 is 0 Å². The van der Waals surface area contributed by atoms with E-state index >= 15 is 0 Å². The molecular weight excluding hydrogens is 279 g/mol. The molecule has 19 heavy (non-hydrogen) atoms. The van der Waals surface area contributed by atoms with Crippen LogP contribution in [0.3, 0.4) is 0 Å². The summed E-state index contributed by atoms with van der Waals surface area (Å²) in [4.78, 5) is 8.68. The Morgan fingerprint density at radius 1 is 0.895 bits per heavy atom. The topological polar surface area (TPSA) is 25.8 Å². The molecule has 0 bridgehead atoms. The minimum atomic E-state index is 0.491. The number of aryl methyl sites for hydroxylation is 2. The molecule has 0 radical (unpaired) electrons. The van der Waals surface area contributed by atoms with Gasteiger partial charge in [-0.25, -0.2) is 9.97 Å². The van der Waals surface area contributed by atoms with Crippen LogP contribution in [0.4, 0.5) is 0 Å². The molecule has 0 aliphatic carbocycles. The number of hydrogen-bond donors (Lipinski definition) is 0. The van der Waals surface area contributed by atoms with Crippen molar-refractivity contribution in [3.05, 3.63) is 57.6 Å². The zero-order valence-corrected chi connectivity index (χ0v) is 12.4. The van der Waals surface area contributed by atoms with Crippen molar-refractivity contribution in [3.63, 3.8) is 0 Å². The lowest BCUT2D eigenvalue weighted by atomic mass is 10.1. The Balaban J connectivity index is 2.09. The molecule has 0 unspecified atom stereocenters. The molecule has 1 heterocycles. The number of halogens is 2. The van der Waals surface area contributed by atoms with Gasteiger partial charge in [0.15, 0.2) is 0 Å². The minimum Gasteiger partial charge on any atom is -0.221 e. The molecule has 0 saturated heterocycles. The van der Waals surface area contributed by atoms with E-state index in [9.17, 15) is 0 Å². The van der Waals surface area contributed by atoms with Crippen LogP contribution >= 0.6 is 23.2 Å². The van der Waals surface area contributed by atoms with E-state index < -0.39 is 0 Å². The van der Waals surface area contributed by atoms with Gasteiger partial charge in [-0.1, -0.05) is 66.9 Å². The van der Waals surface area contributed by atoms with Gasteiger partial charge in [-0.05, 0) is 18.4 Å². The Hall–Kier alpha value is -1.12. The first-order valence-electron chi connectivity index (χ1n) is 6.45. The summed E-state index contributed by atoms with van der Waals surface area (Å²) in [6.45, 7) is 2.08. The second-order valence-electron chi connectivity index (χ2n) is 4.44. The van der Waals surface area contributed by atoms with Crippen molar-refractivity contribution in [2.24, 2.45) is 0 Å². The highest BCUT2D eigenvalue weighted by Crippen LogP contribution is 2.23. The van der Waals surface area contributed by atoms with E-state index in [0.29, 0.717) is 16.1 Å². The van der Waals surface area contributed by atoms with Gasteiger partial charge >= 0.3 is 0 Å². The highest BCUT2D eigenvalue weighted by Gasteiger charge is 2.10. The first-order chi connectivity index (χ1) is 9.20. The van der Waals surface area contributed by atoms with Crippen molar-refractivity contribution in [1.82, 2.24) is 9.97 Å². The monoisotopic (exact) mass is 294 g/mol. The first-order valence-corrected chi connectivity index (χ1v) is 7.21. The fourth-order valence-electron chi connectivity index (χ4n) is 1.94. The van der Waals surface area contributed by atoms with Crippen LogP contribution in [0.15, 0.2) is 30.3 Å². The summed E-state index contributed by atoms with van der Waals surface area (Å²) < 4.78 is 0. The second-order valence-corrected chi connectivity index (χ2v) is 5.15. The van der Waals surface area contributed by atoms with Gasteiger partial charge in [-0.15, -0.1) is 0 Å². The van der Waals surface area contributed by atoms with Gasteiger partial charge in [-0.2, -0.15) is 0 Å². The Morgan fingerprint density at radius 3 is 2.11 bits per heavy atom. The Kier molecular flexibility index (Phi) is 5.17. The number of benzene rings is 1. The lowest BCUT2D eigenvalue weighted by Gasteiger charge is -2.07. The van der Waals surface area contributed by atoms with Crippen LogP contribution in [0.25, 0.3) is 0 Å². The normalized spacial score (nSPS) is 10.7. The molecule has 1 aromatic heterocycles. The zero-order valence-electron chi connectivity index (χ0n) is 10.9. The maximum atomic E-state index is 6.16. The molecular formula is C15H16Cl2N2. The van der Waals surface area contributed by atoms with Crippen molar-refractivity contribution in [2.75, 3.05) is 0 Å². The Bertz CT molecular complexity index is 518. The van der Waals surface area contributed by atoms with Crippen LogP contribution in [0, 0.1) is 0 Å². The van der Waals surface area contributed by atoms with E-state index in [-0.39, 0.29) is 0 Å². The molecule has 0 aliphatic rings. The number of aromatic nitrogens is 2. The fraction of sp³-hybridized carbons (Fsp3) is 0.333. The molecule has 0 N–H and O–H groups in total. The zero-order chi connectivity index (χ0) is 13.7. The van der Waals surface area contributed by atoms with Crippen LogP contribution in [0.1, 0.15) is 30.3 Å². The second kappa shape index (κ2) is 6.88. The molecule has 100 valence electrons. The number of hydrogen-bond acceptors (Lipinski definition) is 2. The molecule has 2 nitrogen and oxygen atoms in total. The van der Waals surface area contributed by atoms with E-state index in [1.807, 2.05) is 18.2 Å². The van der Waals surface area contributed by atoms with Gasteiger partial charge in [0.05, 0.1) is 0 Å². The average molecular weight is 295 g/mol. The molecule has 4 heteroatoms. The smallest absolute Gasteiger partial charge is 0.137 e. The lowest BCUT2D eigenvalue weighted by Crippen LogP contribution is -2.02. The third-order valence-corrected chi connectivity index (χ3v) is 3.56. The first kappa shape index (κ1) is 14.3. The average Bonchev–Trinajstić information content (AvgIpc) is 2.42. The van der Waals surface area contributed by atoms with E-state index in [2.05, 4.69) is 29.0 Å². The molecule has 0 saturated carbocycles. The minimum absolute atomic E-state index is 0.491. The maximum absolute atomic E-state index is 6.16. The van der Waals surface area contributed by atoms with Crippen LogP contribution in [-0.4, -0.2) is 9.97 Å². The van der Waals surface area contributed by atoms with Crippen LogP contribution in [0.2, 0.25) is 10.3 Å². The summed E-state index contributed by atoms with van der Waals surface area (Å²) in [7, 11) is 0. The summed E-state index contributed by atoms with van der Waals surface area (Å²) >= 11 is 12.3. The van der Waals surface area contributed by atoms with Gasteiger partial charge in [-0.3, -0.25) is 0 Å². The summed E-state index contributed by atoms with van der Waals surface area (Å²) in [5.41, 5.74) is 2.12. The van der Waals surface area contributed by atoms with Gasteiger partial charge in [0.2, 0.25) is 0 Å². The van der Waals surface area contributed by atoms with E-state index in [1.54, 1.807) is 0 Å². The quantitative estimate of drug-likeness (QED) is 0.758. The third kappa shape index (κ3) is 3.92.